The molecular formula is C22H19ClFN5O2. The molecule has 1 N–H and O–H groups in total. The maximum atomic E-state index is 13.0. The lowest BCUT2D eigenvalue weighted by Crippen LogP contribution is -2.15. The van der Waals surface area contributed by atoms with Crippen molar-refractivity contribution in [2.75, 3.05) is 5.32 Å². The molecule has 1 amide bonds. The van der Waals surface area contributed by atoms with E-state index in [1.807, 2.05) is 13.0 Å². The van der Waals surface area contributed by atoms with Crippen molar-refractivity contribution in [2.24, 2.45) is 0 Å². The molecule has 158 valence electrons. The Balaban J connectivity index is 1.33. The van der Waals surface area contributed by atoms with Gasteiger partial charge in [0.15, 0.2) is 18.2 Å². The largest absolute Gasteiger partial charge is 0.471 e. The van der Waals surface area contributed by atoms with Crippen LogP contribution in [0.25, 0.3) is 0 Å². The summed E-state index contributed by atoms with van der Waals surface area (Å²) in [4.78, 5) is 12.5. The number of carbonyl (C=O) groups excluding carboxylic acids is 1. The van der Waals surface area contributed by atoms with Gasteiger partial charge in [-0.15, -0.1) is 0 Å². The molecule has 2 heterocycles. The summed E-state index contributed by atoms with van der Waals surface area (Å²) in [6, 6.07) is 14.8. The summed E-state index contributed by atoms with van der Waals surface area (Å²) in [5.41, 5.74) is 2.06. The van der Waals surface area contributed by atoms with Gasteiger partial charge in [0.05, 0.1) is 6.54 Å². The second-order valence-corrected chi connectivity index (χ2v) is 7.31. The molecule has 0 atom stereocenters. The standard InChI is InChI=1S/C22H19ClFN5O2/c1-15-12-18(6-7-19(15)23)31-14-29-10-8-20(26-29)22(30)25-21-9-11-28(27-21)13-16-2-4-17(24)5-3-16/h2-12H,13-14H2,1H3,(H,25,27,30). The monoisotopic (exact) mass is 439 g/mol. The van der Waals surface area contributed by atoms with E-state index in [-0.39, 0.29) is 24.1 Å². The van der Waals surface area contributed by atoms with Crippen molar-refractivity contribution < 1.29 is 13.9 Å². The Kier molecular flexibility index (Phi) is 5.99. The van der Waals surface area contributed by atoms with Gasteiger partial charge in [-0.2, -0.15) is 10.2 Å². The number of rotatable bonds is 7. The minimum absolute atomic E-state index is 0.153. The summed E-state index contributed by atoms with van der Waals surface area (Å²) < 4.78 is 21.9. The molecule has 0 aliphatic rings. The third-order valence-corrected chi connectivity index (χ3v) is 4.93. The zero-order valence-corrected chi connectivity index (χ0v) is 17.4. The number of nitrogens with one attached hydrogen (secondary N) is 1. The second kappa shape index (κ2) is 9.01. The third kappa shape index (κ3) is 5.29. The number of aromatic nitrogens is 4. The fraction of sp³-hybridized carbons (Fsp3) is 0.136. The molecule has 9 heteroatoms. The van der Waals surface area contributed by atoms with Crippen molar-refractivity contribution in [2.45, 2.75) is 20.2 Å². The Labute approximate surface area is 183 Å². The van der Waals surface area contributed by atoms with Crippen LogP contribution in [0.5, 0.6) is 5.75 Å². The molecule has 7 nitrogen and oxygen atoms in total. The fourth-order valence-electron chi connectivity index (χ4n) is 2.88. The van der Waals surface area contributed by atoms with Crippen molar-refractivity contribution in [3.05, 3.63) is 94.7 Å². The molecule has 2 aromatic carbocycles. The Morgan fingerprint density at radius 2 is 1.84 bits per heavy atom. The van der Waals surface area contributed by atoms with Crippen molar-refractivity contribution in [1.29, 1.82) is 0 Å². The number of ether oxygens (including phenoxy) is 1. The van der Waals surface area contributed by atoms with E-state index in [1.165, 1.54) is 16.8 Å². The van der Waals surface area contributed by atoms with E-state index >= 15 is 0 Å². The van der Waals surface area contributed by atoms with Gasteiger partial charge in [-0.25, -0.2) is 9.07 Å². The van der Waals surface area contributed by atoms with Crippen molar-refractivity contribution in [3.8, 4) is 5.75 Å². The first-order valence-corrected chi connectivity index (χ1v) is 9.86. The second-order valence-electron chi connectivity index (χ2n) is 6.90. The van der Waals surface area contributed by atoms with Crippen LogP contribution in [-0.2, 0) is 13.3 Å². The first-order valence-electron chi connectivity index (χ1n) is 9.48. The van der Waals surface area contributed by atoms with Crippen molar-refractivity contribution in [3.63, 3.8) is 0 Å². The molecular weight excluding hydrogens is 421 g/mol. The van der Waals surface area contributed by atoms with Crippen LogP contribution in [0.1, 0.15) is 21.6 Å². The number of hydrogen-bond donors (Lipinski definition) is 1. The normalized spacial score (nSPS) is 10.8. The lowest BCUT2D eigenvalue weighted by atomic mass is 10.2. The predicted octanol–water partition coefficient (Wildman–Crippen LogP) is 4.52. The topological polar surface area (TPSA) is 74.0 Å². The molecule has 4 aromatic rings. The zero-order valence-electron chi connectivity index (χ0n) is 16.6. The first-order chi connectivity index (χ1) is 15.0. The third-order valence-electron chi connectivity index (χ3n) is 4.51. The van der Waals surface area contributed by atoms with Crippen LogP contribution in [0.3, 0.4) is 0 Å². The maximum Gasteiger partial charge on any atom is 0.277 e. The van der Waals surface area contributed by atoms with Gasteiger partial charge >= 0.3 is 0 Å². The van der Waals surface area contributed by atoms with Crippen LogP contribution in [0.15, 0.2) is 67.0 Å². The Morgan fingerprint density at radius 3 is 2.61 bits per heavy atom. The van der Waals surface area contributed by atoms with Crippen LogP contribution >= 0.6 is 11.6 Å². The number of aryl methyl sites for hydroxylation is 1. The summed E-state index contributed by atoms with van der Waals surface area (Å²) in [6.07, 6.45) is 3.39. The molecule has 0 fully saturated rings. The molecule has 4 rings (SSSR count). The van der Waals surface area contributed by atoms with E-state index in [2.05, 4.69) is 15.5 Å². The van der Waals surface area contributed by atoms with Crippen LogP contribution in [0, 0.1) is 12.7 Å². The molecule has 2 aromatic heterocycles. The lowest BCUT2D eigenvalue weighted by molar-refractivity contribution is 0.101. The van der Waals surface area contributed by atoms with E-state index in [0.29, 0.717) is 23.1 Å². The van der Waals surface area contributed by atoms with Gasteiger partial charge in [0.1, 0.15) is 11.6 Å². The minimum atomic E-state index is -0.381. The predicted molar refractivity (Wildman–Crippen MR) is 115 cm³/mol. The molecule has 0 aliphatic carbocycles. The number of carbonyl (C=O) groups is 1. The van der Waals surface area contributed by atoms with Gasteiger partial charge in [0, 0.05) is 23.5 Å². The first kappa shape index (κ1) is 20.6. The summed E-state index contributed by atoms with van der Waals surface area (Å²) in [5, 5.41) is 11.9. The number of benzene rings is 2. The Morgan fingerprint density at radius 1 is 1.06 bits per heavy atom. The summed E-state index contributed by atoms with van der Waals surface area (Å²) in [5.74, 6) is 0.392. The highest BCUT2D eigenvalue weighted by Crippen LogP contribution is 2.21. The highest BCUT2D eigenvalue weighted by molar-refractivity contribution is 6.31. The summed E-state index contributed by atoms with van der Waals surface area (Å²) >= 11 is 6.01. The van der Waals surface area contributed by atoms with E-state index in [1.54, 1.807) is 53.5 Å². The minimum Gasteiger partial charge on any atom is -0.471 e. The van der Waals surface area contributed by atoms with Crippen molar-refractivity contribution >= 4 is 23.3 Å². The van der Waals surface area contributed by atoms with Gasteiger partial charge in [-0.1, -0.05) is 23.7 Å². The van der Waals surface area contributed by atoms with Gasteiger partial charge < -0.3 is 10.1 Å². The van der Waals surface area contributed by atoms with E-state index in [4.69, 9.17) is 16.3 Å². The van der Waals surface area contributed by atoms with Gasteiger partial charge in [0.25, 0.3) is 5.91 Å². The van der Waals surface area contributed by atoms with Crippen LogP contribution < -0.4 is 10.1 Å². The van der Waals surface area contributed by atoms with Gasteiger partial charge in [0.2, 0.25) is 0 Å². The van der Waals surface area contributed by atoms with Crippen LogP contribution in [-0.4, -0.2) is 25.5 Å². The number of anilines is 1. The molecule has 0 saturated heterocycles. The van der Waals surface area contributed by atoms with Gasteiger partial charge in [-0.3, -0.25) is 9.48 Å². The molecule has 0 saturated carbocycles. The average molecular weight is 440 g/mol. The average Bonchev–Trinajstić information content (AvgIpc) is 3.40. The molecule has 0 radical (unpaired) electrons. The Bertz CT molecular complexity index is 1200. The van der Waals surface area contributed by atoms with Crippen LogP contribution in [0.4, 0.5) is 10.2 Å². The summed E-state index contributed by atoms with van der Waals surface area (Å²) in [6.45, 7) is 2.51. The fourth-order valence-corrected chi connectivity index (χ4v) is 2.99. The van der Waals surface area contributed by atoms with Crippen molar-refractivity contribution in [1.82, 2.24) is 19.6 Å². The molecule has 0 aliphatic heterocycles. The molecule has 0 unspecified atom stereocenters. The SMILES string of the molecule is Cc1cc(OCn2ccc(C(=O)Nc3ccn(Cc4ccc(F)cc4)n3)n2)ccc1Cl. The van der Waals surface area contributed by atoms with E-state index in [9.17, 15) is 9.18 Å². The highest BCUT2D eigenvalue weighted by atomic mass is 35.5. The number of hydrogen-bond acceptors (Lipinski definition) is 4. The highest BCUT2D eigenvalue weighted by Gasteiger charge is 2.12. The molecule has 0 spiro atoms. The number of halogens is 2. The van der Waals surface area contributed by atoms with E-state index in [0.717, 1.165) is 11.1 Å². The zero-order chi connectivity index (χ0) is 21.8. The number of nitrogens with zero attached hydrogens (tertiary/aromatic N) is 4. The summed E-state index contributed by atoms with van der Waals surface area (Å²) in [7, 11) is 0. The van der Waals surface area contributed by atoms with Gasteiger partial charge in [-0.05, 0) is 54.4 Å². The van der Waals surface area contributed by atoms with E-state index < -0.39 is 0 Å². The van der Waals surface area contributed by atoms with Crippen LogP contribution in [0.2, 0.25) is 5.02 Å². The lowest BCUT2D eigenvalue weighted by Gasteiger charge is -2.07. The smallest absolute Gasteiger partial charge is 0.277 e. The maximum absolute atomic E-state index is 13.0. The quantitative estimate of drug-likeness (QED) is 0.459. The Hall–Kier alpha value is -3.65. The molecule has 0 bridgehead atoms. The number of amides is 1. The molecule has 31 heavy (non-hydrogen) atoms.